The van der Waals surface area contributed by atoms with Gasteiger partial charge in [-0.3, -0.25) is 4.79 Å². The fourth-order valence-electron chi connectivity index (χ4n) is 4.48. The lowest BCUT2D eigenvalue weighted by Crippen LogP contribution is -2.36. The van der Waals surface area contributed by atoms with Crippen molar-refractivity contribution < 1.29 is 9.90 Å². The van der Waals surface area contributed by atoms with Crippen LogP contribution in [-0.4, -0.2) is 51.8 Å². The number of hydrogen-bond acceptors (Lipinski definition) is 8. The minimum absolute atomic E-state index is 0.0517. The van der Waals surface area contributed by atoms with Crippen LogP contribution in [-0.2, 0) is 0 Å². The van der Waals surface area contributed by atoms with Crippen molar-refractivity contribution in [1.82, 2.24) is 20.6 Å². The number of nitrogens with zero attached hydrogens (tertiary/aromatic N) is 2. The van der Waals surface area contributed by atoms with E-state index in [0.717, 1.165) is 66.9 Å². The third-order valence-corrected chi connectivity index (χ3v) is 7.42. The van der Waals surface area contributed by atoms with Crippen LogP contribution in [0.5, 0.6) is 0 Å². The maximum Gasteiger partial charge on any atom is 0.251 e. The molecule has 0 spiro atoms. The molecular formula is C24H30N6O2S. The third kappa shape index (κ3) is 5.26. The molecule has 1 atom stereocenters. The van der Waals surface area contributed by atoms with E-state index >= 15 is 0 Å². The van der Waals surface area contributed by atoms with Gasteiger partial charge in [0.25, 0.3) is 5.91 Å². The van der Waals surface area contributed by atoms with E-state index in [1.807, 2.05) is 42.6 Å². The molecule has 33 heavy (non-hydrogen) atoms. The Morgan fingerprint density at radius 1 is 1.12 bits per heavy atom. The van der Waals surface area contributed by atoms with E-state index in [-0.39, 0.29) is 18.0 Å². The molecule has 8 nitrogen and oxygen atoms in total. The summed E-state index contributed by atoms with van der Waals surface area (Å²) >= 11 is 1.62. The Labute approximate surface area is 197 Å². The van der Waals surface area contributed by atoms with Gasteiger partial charge in [-0.05, 0) is 81.3 Å². The van der Waals surface area contributed by atoms with Gasteiger partial charge in [-0.15, -0.1) is 11.3 Å². The Balaban J connectivity index is 1.28. The van der Waals surface area contributed by atoms with E-state index in [1.54, 1.807) is 11.3 Å². The number of benzene rings is 1. The molecule has 5 rings (SSSR count). The van der Waals surface area contributed by atoms with Gasteiger partial charge in [0.15, 0.2) is 0 Å². The minimum atomic E-state index is -0.564. The van der Waals surface area contributed by atoms with Crippen molar-refractivity contribution in [2.75, 3.05) is 23.7 Å². The van der Waals surface area contributed by atoms with Gasteiger partial charge in [0, 0.05) is 29.9 Å². The minimum Gasteiger partial charge on any atom is -0.390 e. The number of hydrogen-bond donors (Lipinski definition) is 5. The summed E-state index contributed by atoms with van der Waals surface area (Å²) in [6.45, 7) is 3.68. The highest BCUT2D eigenvalue weighted by Gasteiger charge is 2.29. The molecule has 0 bridgehead atoms. The smallest absolute Gasteiger partial charge is 0.251 e. The molecule has 1 aromatic carbocycles. The lowest BCUT2D eigenvalue weighted by atomic mass is 9.84. The van der Waals surface area contributed by atoms with Crippen LogP contribution in [0.4, 0.5) is 17.5 Å². The first kappa shape index (κ1) is 22.1. The van der Waals surface area contributed by atoms with E-state index < -0.39 is 5.60 Å². The van der Waals surface area contributed by atoms with Crippen molar-refractivity contribution in [1.29, 1.82) is 0 Å². The zero-order valence-electron chi connectivity index (χ0n) is 18.7. The van der Waals surface area contributed by atoms with Gasteiger partial charge in [0.1, 0.15) is 5.82 Å². The van der Waals surface area contributed by atoms with E-state index in [1.165, 1.54) is 0 Å². The maximum absolute atomic E-state index is 12.5. The van der Waals surface area contributed by atoms with Crippen LogP contribution in [0.15, 0.2) is 35.7 Å². The number of thiophene rings is 1. The van der Waals surface area contributed by atoms with E-state index in [0.29, 0.717) is 11.5 Å². The van der Waals surface area contributed by atoms with Gasteiger partial charge in [-0.2, -0.15) is 4.98 Å². The highest BCUT2D eigenvalue weighted by atomic mass is 32.1. The second-order valence-corrected chi connectivity index (χ2v) is 10.2. The summed E-state index contributed by atoms with van der Waals surface area (Å²) < 4.78 is 1.03. The van der Waals surface area contributed by atoms with Crippen molar-refractivity contribution in [3.8, 4) is 0 Å². The summed E-state index contributed by atoms with van der Waals surface area (Å²) in [5.74, 6) is 1.29. The van der Waals surface area contributed by atoms with Crippen LogP contribution in [0.3, 0.4) is 0 Å². The average molecular weight is 467 g/mol. The number of rotatable bonds is 6. The zero-order valence-corrected chi connectivity index (χ0v) is 19.5. The van der Waals surface area contributed by atoms with Crippen LogP contribution in [0.1, 0.15) is 49.4 Å². The van der Waals surface area contributed by atoms with Gasteiger partial charge in [0.2, 0.25) is 5.95 Å². The highest BCUT2D eigenvalue weighted by molar-refractivity contribution is 7.17. The number of carbonyl (C=O) groups excluding carboxylic acids is 1. The lowest BCUT2D eigenvalue weighted by Gasteiger charge is -2.33. The van der Waals surface area contributed by atoms with Gasteiger partial charge in [0.05, 0.1) is 15.8 Å². The molecule has 0 radical (unpaired) electrons. The molecule has 1 aliphatic heterocycles. The van der Waals surface area contributed by atoms with Crippen molar-refractivity contribution in [2.45, 2.75) is 56.7 Å². The summed E-state index contributed by atoms with van der Waals surface area (Å²) in [5.41, 5.74) is 1.79. The quantitative estimate of drug-likeness (QED) is 0.377. The van der Waals surface area contributed by atoms with E-state index in [2.05, 4.69) is 26.3 Å². The Morgan fingerprint density at radius 2 is 1.91 bits per heavy atom. The van der Waals surface area contributed by atoms with Gasteiger partial charge in [-0.1, -0.05) is 0 Å². The highest BCUT2D eigenvalue weighted by Crippen LogP contribution is 2.33. The van der Waals surface area contributed by atoms with Crippen LogP contribution < -0.4 is 21.3 Å². The van der Waals surface area contributed by atoms with Gasteiger partial charge >= 0.3 is 0 Å². The summed E-state index contributed by atoms with van der Waals surface area (Å²) in [5, 5.41) is 25.4. The second kappa shape index (κ2) is 9.24. The van der Waals surface area contributed by atoms with Crippen molar-refractivity contribution >= 4 is 44.9 Å². The SMILES string of the molecule is C[C@]1(O)CC[C@H](Nc2nc(Nc3ccc(C(=O)N[C@@H]4CCNC4)cc3)nc3ccsc23)CC1. The predicted molar refractivity (Wildman–Crippen MR) is 132 cm³/mol. The Bertz CT molecular complexity index is 1110. The summed E-state index contributed by atoms with van der Waals surface area (Å²) in [6.07, 6.45) is 4.35. The summed E-state index contributed by atoms with van der Waals surface area (Å²) in [6, 6.07) is 9.86. The Hall–Kier alpha value is -2.75. The molecule has 174 valence electrons. The second-order valence-electron chi connectivity index (χ2n) is 9.31. The number of nitrogens with one attached hydrogen (secondary N) is 4. The topological polar surface area (TPSA) is 111 Å². The molecule has 3 heterocycles. The monoisotopic (exact) mass is 466 g/mol. The third-order valence-electron chi connectivity index (χ3n) is 6.51. The fourth-order valence-corrected chi connectivity index (χ4v) is 5.26. The fraction of sp³-hybridized carbons (Fsp3) is 0.458. The number of carbonyl (C=O) groups is 1. The first-order chi connectivity index (χ1) is 15.9. The zero-order chi connectivity index (χ0) is 22.8. The first-order valence-electron chi connectivity index (χ1n) is 11.6. The molecule has 2 aliphatic rings. The number of aliphatic hydroxyl groups is 1. The van der Waals surface area contributed by atoms with Crippen molar-refractivity contribution in [3.63, 3.8) is 0 Å². The molecule has 3 aromatic rings. The van der Waals surface area contributed by atoms with Crippen LogP contribution >= 0.6 is 11.3 Å². The Kier molecular flexibility index (Phi) is 6.18. The summed E-state index contributed by atoms with van der Waals surface area (Å²) in [4.78, 5) is 21.9. The molecule has 2 aromatic heterocycles. The molecule has 1 aliphatic carbocycles. The summed E-state index contributed by atoms with van der Waals surface area (Å²) in [7, 11) is 0. The van der Waals surface area contributed by atoms with Crippen molar-refractivity contribution in [2.24, 2.45) is 0 Å². The van der Waals surface area contributed by atoms with Crippen LogP contribution in [0.25, 0.3) is 10.2 Å². The number of fused-ring (bicyclic) bond motifs is 1. The molecule has 1 saturated heterocycles. The molecule has 9 heteroatoms. The van der Waals surface area contributed by atoms with Crippen molar-refractivity contribution in [3.05, 3.63) is 41.3 Å². The number of aromatic nitrogens is 2. The van der Waals surface area contributed by atoms with Gasteiger partial charge in [-0.25, -0.2) is 4.98 Å². The standard InChI is InChI=1S/C24H30N6O2S/c1-24(32)10-6-17(7-11-24)26-21-20-19(9-13-33-20)29-23(30-21)28-16-4-2-15(3-5-16)22(31)27-18-8-12-25-14-18/h2-5,9,13,17-18,25,32H,6-8,10-12,14H2,1H3,(H,27,31)(H2,26,28,29,30)/t17-,18-,24-/m1/s1. The largest absolute Gasteiger partial charge is 0.390 e. The molecular weight excluding hydrogens is 436 g/mol. The molecule has 0 unspecified atom stereocenters. The molecule has 1 saturated carbocycles. The maximum atomic E-state index is 12.5. The van der Waals surface area contributed by atoms with Crippen LogP contribution in [0, 0.1) is 0 Å². The molecule has 2 fully saturated rings. The number of anilines is 3. The average Bonchev–Trinajstić information content (AvgIpc) is 3.48. The van der Waals surface area contributed by atoms with E-state index in [9.17, 15) is 9.90 Å². The number of amides is 1. The predicted octanol–water partition coefficient (Wildman–Crippen LogP) is 3.63. The molecule has 5 N–H and O–H groups in total. The normalized spacial score (nSPS) is 25.2. The van der Waals surface area contributed by atoms with Crippen LogP contribution in [0.2, 0.25) is 0 Å². The van der Waals surface area contributed by atoms with Gasteiger partial charge < -0.3 is 26.4 Å². The Morgan fingerprint density at radius 3 is 2.64 bits per heavy atom. The lowest BCUT2D eigenvalue weighted by molar-refractivity contribution is 0.0196. The first-order valence-corrected chi connectivity index (χ1v) is 12.5. The molecule has 1 amide bonds. The van der Waals surface area contributed by atoms with E-state index in [4.69, 9.17) is 4.98 Å².